The lowest BCUT2D eigenvalue weighted by atomic mass is 9.84. The van der Waals surface area contributed by atoms with Gasteiger partial charge in [-0.1, -0.05) is 55.4 Å². The highest BCUT2D eigenvalue weighted by atomic mass is 16.6. The molecule has 0 radical (unpaired) electrons. The van der Waals surface area contributed by atoms with Crippen LogP contribution in [0.1, 0.15) is 107 Å². The molecule has 1 saturated carbocycles. The van der Waals surface area contributed by atoms with Crippen LogP contribution in [0, 0.1) is 22.7 Å². The largest absolute Gasteiger partial charge is 0.458 e. The summed E-state index contributed by atoms with van der Waals surface area (Å²) in [6, 6.07) is 0. The van der Waals surface area contributed by atoms with Crippen LogP contribution >= 0.6 is 0 Å². The van der Waals surface area contributed by atoms with E-state index in [0.29, 0.717) is 12.8 Å². The second-order valence-corrected chi connectivity index (χ2v) is 11.5. The summed E-state index contributed by atoms with van der Waals surface area (Å²) in [5.74, 6) is 0.252. The van der Waals surface area contributed by atoms with E-state index in [0.717, 1.165) is 38.5 Å². The summed E-state index contributed by atoms with van der Waals surface area (Å²) in [4.78, 5) is 24.8. The van der Waals surface area contributed by atoms with E-state index >= 15 is 0 Å². The fraction of sp³-hybridized carbons (Fsp3) is 0.917. The number of hydrogen-bond donors (Lipinski definition) is 0. The summed E-state index contributed by atoms with van der Waals surface area (Å²) in [5.41, 5.74) is 0.401. The molecule has 0 bridgehead atoms. The Balaban J connectivity index is 2.52. The normalized spacial score (nSPS) is 23.0. The molecule has 0 saturated heterocycles. The van der Waals surface area contributed by atoms with E-state index < -0.39 is 0 Å². The molecule has 4 unspecified atom stereocenters. The second-order valence-electron chi connectivity index (χ2n) is 11.5. The second kappa shape index (κ2) is 10.6. The molecule has 0 aromatic carbocycles. The summed E-state index contributed by atoms with van der Waals surface area (Å²) in [5, 5.41) is 0. The van der Waals surface area contributed by atoms with Gasteiger partial charge in [0.2, 0.25) is 0 Å². The molecule has 0 aliphatic heterocycles. The molecule has 1 aliphatic rings. The van der Waals surface area contributed by atoms with Crippen LogP contribution in [-0.4, -0.2) is 24.1 Å². The summed E-state index contributed by atoms with van der Waals surface area (Å²) in [6.07, 6.45) is 5.86. The third kappa shape index (κ3) is 11.1. The minimum absolute atomic E-state index is 0.161. The lowest BCUT2D eigenvalue weighted by Crippen LogP contribution is -2.38. The zero-order valence-corrected chi connectivity index (χ0v) is 19.6. The van der Waals surface area contributed by atoms with Gasteiger partial charge in [-0.3, -0.25) is 9.59 Å². The fourth-order valence-electron chi connectivity index (χ4n) is 4.57. The maximum Gasteiger partial charge on any atom is 0.306 e. The van der Waals surface area contributed by atoms with Crippen molar-refractivity contribution >= 4 is 11.9 Å². The molecule has 0 spiro atoms. The molecular weight excluding hydrogens is 352 g/mol. The lowest BCUT2D eigenvalue weighted by molar-refractivity contribution is -0.173. The van der Waals surface area contributed by atoms with Crippen molar-refractivity contribution in [2.45, 2.75) is 119 Å². The van der Waals surface area contributed by atoms with Gasteiger partial charge in [-0.15, -0.1) is 0 Å². The van der Waals surface area contributed by atoms with Crippen LogP contribution in [0.5, 0.6) is 0 Å². The minimum atomic E-state index is -0.287. The highest BCUT2D eigenvalue weighted by molar-refractivity contribution is 5.71. The van der Waals surface area contributed by atoms with Crippen molar-refractivity contribution in [3.05, 3.63) is 0 Å². The molecule has 4 atom stereocenters. The standard InChI is InChI=1S/C24H44O4/c1-17(15-23(3,4)5)13-21(25)27-19-11-9-10-12-20(19)28-22(26)14-18(2)16-24(6,7)8/h17-20H,9-16H2,1-8H3. The Kier molecular flexibility index (Phi) is 9.49. The predicted octanol–water partition coefficient (Wildman–Crippen LogP) is 6.31. The van der Waals surface area contributed by atoms with Crippen LogP contribution < -0.4 is 0 Å². The van der Waals surface area contributed by atoms with Gasteiger partial charge >= 0.3 is 11.9 Å². The Morgan fingerprint density at radius 2 is 1.07 bits per heavy atom. The molecule has 0 aromatic rings. The van der Waals surface area contributed by atoms with E-state index in [9.17, 15) is 9.59 Å². The zero-order chi connectivity index (χ0) is 21.5. The first-order valence-corrected chi connectivity index (χ1v) is 11.1. The summed E-state index contributed by atoms with van der Waals surface area (Å²) < 4.78 is 11.5. The van der Waals surface area contributed by atoms with Crippen molar-refractivity contribution in [1.29, 1.82) is 0 Å². The number of carbonyl (C=O) groups excluding carboxylic acids is 2. The van der Waals surface area contributed by atoms with Gasteiger partial charge in [0.05, 0.1) is 0 Å². The van der Waals surface area contributed by atoms with Crippen molar-refractivity contribution in [1.82, 2.24) is 0 Å². The first-order valence-electron chi connectivity index (χ1n) is 11.1. The van der Waals surface area contributed by atoms with Gasteiger partial charge in [0, 0.05) is 12.8 Å². The van der Waals surface area contributed by atoms with Crippen LogP contribution in [0.25, 0.3) is 0 Å². The third-order valence-corrected chi connectivity index (χ3v) is 5.16. The van der Waals surface area contributed by atoms with E-state index in [1.54, 1.807) is 0 Å². The molecule has 1 rings (SSSR count). The molecule has 0 heterocycles. The van der Waals surface area contributed by atoms with E-state index in [4.69, 9.17) is 9.47 Å². The van der Waals surface area contributed by atoms with Crippen molar-refractivity contribution in [3.8, 4) is 0 Å². The first-order chi connectivity index (χ1) is 12.7. The van der Waals surface area contributed by atoms with Gasteiger partial charge in [-0.05, 0) is 61.2 Å². The Morgan fingerprint density at radius 3 is 1.36 bits per heavy atom. The molecule has 0 aromatic heterocycles. The molecule has 4 nitrogen and oxygen atoms in total. The monoisotopic (exact) mass is 396 g/mol. The van der Waals surface area contributed by atoms with Gasteiger partial charge in [0.1, 0.15) is 12.2 Å². The fourth-order valence-corrected chi connectivity index (χ4v) is 4.57. The Bertz CT molecular complexity index is 452. The van der Waals surface area contributed by atoms with Gasteiger partial charge in [-0.25, -0.2) is 0 Å². The number of ether oxygens (including phenoxy) is 2. The number of carbonyl (C=O) groups is 2. The molecule has 1 fully saturated rings. The van der Waals surface area contributed by atoms with E-state index in [2.05, 4.69) is 55.4 Å². The van der Waals surface area contributed by atoms with Crippen LogP contribution in [0.4, 0.5) is 0 Å². The van der Waals surface area contributed by atoms with Crippen molar-refractivity contribution in [3.63, 3.8) is 0 Å². The van der Waals surface area contributed by atoms with Crippen molar-refractivity contribution in [2.75, 3.05) is 0 Å². The van der Waals surface area contributed by atoms with Crippen LogP contribution in [-0.2, 0) is 19.1 Å². The maximum atomic E-state index is 12.4. The van der Waals surface area contributed by atoms with E-state index in [1.165, 1.54) is 0 Å². The lowest BCUT2D eigenvalue weighted by Gasteiger charge is -2.32. The summed E-state index contributed by atoms with van der Waals surface area (Å²) in [6.45, 7) is 17.3. The Hall–Kier alpha value is -1.06. The van der Waals surface area contributed by atoms with Gasteiger partial charge in [0.25, 0.3) is 0 Å². The average Bonchev–Trinajstić information content (AvgIpc) is 2.44. The summed E-state index contributed by atoms with van der Waals surface area (Å²) in [7, 11) is 0. The molecule has 28 heavy (non-hydrogen) atoms. The quantitative estimate of drug-likeness (QED) is 0.451. The van der Waals surface area contributed by atoms with Crippen LogP contribution in [0.2, 0.25) is 0 Å². The first kappa shape index (κ1) is 25.0. The molecule has 164 valence electrons. The van der Waals surface area contributed by atoms with Crippen LogP contribution in [0.3, 0.4) is 0 Å². The molecule has 0 amide bonds. The maximum absolute atomic E-state index is 12.4. The zero-order valence-electron chi connectivity index (χ0n) is 19.6. The van der Waals surface area contributed by atoms with Gasteiger partial charge < -0.3 is 9.47 Å². The van der Waals surface area contributed by atoms with E-state index in [1.807, 2.05) is 0 Å². The molecule has 4 heteroatoms. The Labute approximate surface area is 173 Å². The minimum Gasteiger partial charge on any atom is -0.458 e. The Morgan fingerprint density at radius 1 is 0.750 bits per heavy atom. The number of hydrogen-bond acceptors (Lipinski definition) is 4. The molecule has 0 N–H and O–H groups in total. The average molecular weight is 397 g/mol. The smallest absolute Gasteiger partial charge is 0.306 e. The summed E-state index contributed by atoms with van der Waals surface area (Å²) >= 11 is 0. The van der Waals surface area contributed by atoms with E-state index in [-0.39, 0.29) is 46.8 Å². The van der Waals surface area contributed by atoms with Crippen molar-refractivity contribution < 1.29 is 19.1 Å². The highest BCUT2D eigenvalue weighted by Gasteiger charge is 2.32. The predicted molar refractivity (Wildman–Crippen MR) is 114 cm³/mol. The van der Waals surface area contributed by atoms with Crippen LogP contribution in [0.15, 0.2) is 0 Å². The highest BCUT2D eigenvalue weighted by Crippen LogP contribution is 2.30. The van der Waals surface area contributed by atoms with Gasteiger partial charge in [0.15, 0.2) is 0 Å². The van der Waals surface area contributed by atoms with Gasteiger partial charge in [-0.2, -0.15) is 0 Å². The molecule has 1 aliphatic carbocycles. The van der Waals surface area contributed by atoms with Crippen molar-refractivity contribution in [2.24, 2.45) is 22.7 Å². The SMILES string of the molecule is CC(CC(=O)OC1CCCCC1OC(=O)CC(C)CC(C)(C)C)CC(C)(C)C. The molecular formula is C24H44O4. The number of rotatable bonds is 8. The topological polar surface area (TPSA) is 52.6 Å². The number of esters is 2. The third-order valence-electron chi connectivity index (χ3n) is 5.16.